The summed E-state index contributed by atoms with van der Waals surface area (Å²) in [6.07, 6.45) is 0. The van der Waals surface area contributed by atoms with Crippen LogP contribution in [0.3, 0.4) is 0 Å². The molecule has 0 spiro atoms. The molecule has 0 radical (unpaired) electrons. The van der Waals surface area contributed by atoms with Crippen molar-refractivity contribution < 1.29 is 0 Å². The van der Waals surface area contributed by atoms with E-state index in [0.29, 0.717) is 0 Å². The van der Waals surface area contributed by atoms with Crippen LogP contribution >= 0.6 is 20.7 Å². The number of fused-ring (bicyclic) bond motifs is 1. The summed E-state index contributed by atoms with van der Waals surface area (Å²) in [4.78, 5) is 0. The molecule has 50 valence electrons. The third-order valence-corrected chi connectivity index (χ3v) is 5.29. The van der Waals surface area contributed by atoms with Crippen LogP contribution in [0, 0.1) is 3.38 Å². The van der Waals surface area contributed by atoms with Crippen LogP contribution in [-0.4, -0.2) is 15.6 Å². The number of hydrogen-bond donors (Lipinski definition) is 0. The van der Waals surface area contributed by atoms with E-state index < -0.39 is 0 Å². The van der Waals surface area contributed by atoms with Crippen LogP contribution in [0.2, 0.25) is 0 Å². The third kappa shape index (κ3) is 0.995. The van der Waals surface area contributed by atoms with E-state index in [2.05, 4.69) is 39.8 Å². The van der Waals surface area contributed by atoms with Gasteiger partial charge in [0.1, 0.15) is 0 Å². The van der Waals surface area contributed by atoms with Gasteiger partial charge in [-0.15, -0.1) is 0 Å². The van der Waals surface area contributed by atoms with Crippen LogP contribution in [0.4, 0.5) is 0 Å². The predicted molar refractivity (Wildman–Crippen MR) is 48.7 cm³/mol. The molecule has 2 aromatic rings. The van der Waals surface area contributed by atoms with Crippen LogP contribution in [0.15, 0.2) is 24.3 Å². The molecule has 10 heavy (non-hydrogen) atoms. The number of hydrogen-bond acceptors (Lipinski definition) is 2. The van der Waals surface area contributed by atoms with Crippen LogP contribution < -0.4 is 0 Å². The van der Waals surface area contributed by atoms with Gasteiger partial charge < -0.3 is 0 Å². The van der Waals surface area contributed by atoms with Crippen molar-refractivity contribution in [1.29, 1.82) is 0 Å². The Hall–Kier alpha value is 0.0495. The van der Waals surface area contributed by atoms with Crippen molar-refractivity contribution in [2.45, 2.75) is 0 Å². The van der Waals surface area contributed by atoms with E-state index in [9.17, 15) is 0 Å². The maximum atomic E-state index is 3.05. The summed E-state index contributed by atoms with van der Waals surface area (Å²) >= 11 is 3.05. The van der Waals surface area contributed by atoms with Gasteiger partial charge in [-0.2, -0.15) is 0 Å². The minimum atomic E-state index is 1.31. The summed E-state index contributed by atoms with van der Waals surface area (Å²) < 4.78 is 2.68. The first-order chi connectivity index (χ1) is 4.88. The number of rotatable bonds is 0. The zero-order chi connectivity index (χ0) is 6.97. The molecule has 1 heterocycles. The maximum absolute atomic E-state index is 3.05. The second-order valence-electron chi connectivity index (χ2n) is 1.95. The quantitative estimate of drug-likeness (QED) is 0.483. The average molecular weight is 231 g/mol. The average Bonchev–Trinajstić information content (AvgIpc) is 2.34. The van der Waals surface area contributed by atoms with Crippen molar-refractivity contribution in [3.63, 3.8) is 0 Å². The zero-order valence-corrected chi connectivity index (χ0v) is 8.38. The minimum absolute atomic E-state index is 1.31. The molecule has 1 aromatic heterocycles. The first-order valence-corrected chi connectivity index (χ1v) is 5.86. The Morgan fingerprint density at radius 1 is 1.10 bits per heavy atom. The van der Waals surface area contributed by atoms with Crippen LogP contribution in [0.5, 0.6) is 0 Å². The first kappa shape index (κ1) is 6.74. The Kier molecular flexibility index (Phi) is 1.75. The molecule has 0 bridgehead atoms. The molecule has 0 saturated carbocycles. The molecule has 3 heteroatoms. The topological polar surface area (TPSA) is 0 Å². The summed E-state index contributed by atoms with van der Waals surface area (Å²) in [5.41, 5.74) is 0. The SMILES string of the molecule is [Se]=c1ssc2ccccc12. The molecule has 1 aromatic carbocycles. The van der Waals surface area contributed by atoms with Gasteiger partial charge in [-0.05, 0) is 0 Å². The fourth-order valence-electron chi connectivity index (χ4n) is 0.836. The van der Waals surface area contributed by atoms with Crippen LogP contribution in [0.1, 0.15) is 0 Å². The van der Waals surface area contributed by atoms with Gasteiger partial charge in [0.05, 0.1) is 0 Å². The van der Waals surface area contributed by atoms with Gasteiger partial charge in [0, 0.05) is 0 Å². The Labute approximate surface area is 73.9 Å². The van der Waals surface area contributed by atoms with Crippen molar-refractivity contribution in [2.75, 3.05) is 0 Å². The van der Waals surface area contributed by atoms with E-state index in [0.717, 1.165) is 0 Å². The van der Waals surface area contributed by atoms with Crippen molar-refractivity contribution >= 4 is 46.3 Å². The molecule has 0 saturated heterocycles. The fraction of sp³-hybridized carbons (Fsp3) is 0. The summed E-state index contributed by atoms with van der Waals surface area (Å²) in [7, 11) is 3.63. The van der Waals surface area contributed by atoms with E-state index in [4.69, 9.17) is 0 Å². The Morgan fingerprint density at radius 2 is 1.90 bits per heavy atom. The van der Waals surface area contributed by atoms with E-state index in [-0.39, 0.29) is 0 Å². The van der Waals surface area contributed by atoms with E-state index in [1.165, 1.54) is 13.5 Å². The standard InChI is InChI=1S/C7H4S2Se/c10-7-5-3-1-2-4-6(5)8-9-7/h1-4H. The number of benzene rings is 1. The summed E-state index contributed by atoms with van der Waals surface area (Å²) in [6, 6.07) is 8.44. The monoisotopic (exact) mass is 232 g/mol. The summed E-state index contributed by atoms with van der Waals surface area (Å²) in [5.74, 6) is 0. The Morgan fingerprint density at radius 3 is 2.70 bits per heavy atom. The van der Waals surface area contributed by atoms with Crippen molar-refractivity contribution in [1.82, 2.24) is 0 Å². The van der Waals surface area contributed by atoms with E-state index in [1.54, 1.807) is 10.3 Å². The van der Waals surface area contributed by atoms with E-state index >= 15 is 0 Å². The second-order valence-corrected chi connectivity index (χ2v) is 5.57. The summed E-state index contributed by atoms with van der Waals surface area (Å²) in [5, 5.41) is 1.36. The summed E-state index contributed by atoms with van der Waals surface area (Å²) in [6.45, 7) is 0. The van der Waals surface area contributed by atoms with Gasteiger partial charge in [0.15, 0.2) is 0 Å². The van der Waals surface area contributed by atoms with Crippen LogP contribution in [0.25, 0.3) is 10.1 Å². The first-order valence-electron chi connectivity index (χ1n) is 2.86. The Balaban J connectivity index is 3.07. The Bertz CT molecular complexity index is 399. The van der Waals surface area contributed by atoms with Gasteiger partial charge in [0.25, 0.3) is 0 Å². The molecule has 0 amide bonds. The van der Waals surface area contributed by atoms with Gasteiger partial charge in [-0.25, -0.2) is 0 Å². The van der Waals surface area contributed by atoms with Gasteiger partial charge in [-0.1, -0.05) is 0 Å². The fourth-order valence-corrected chi connectivity index (χ4v) is 4.09. The molecule has 0 atom stereocenters. The van der Waals surface area contributed by atoms with Crippen LogP contribution in [-0.2, 0) is 0 Å². The molecule has 2 rings (SSSR count). The molecule has 0 unspecified atom stereocenters. The molecule has 0 N–H and O–H groups in total. The van der Waals surface area contributed by atoms with Gasteiger partial charge in [0.2, 0.25) is 0 Å². The molecule has 0 fully saturated rings. The van der Waals surface area contributed by atoms with Crippen molar-refractivity contribution in [3.05, 3.63) is 27.6 Å². The van der Waals surface area contributed by atoms with Crippen molar-refractivity contribution in [2.24, 2.45) is 0 Å². The van der Waals surface area contributed by atoms with Gasteiger partial charge >= 0.3 is 74.0 Å². The zero-order valence-electron chi connectivity index (χ0n) is 5.03. The molecule has 0 aliphatic heterocycles. The molecular formula is C7H4S2Se. The second kappa shape index (κ2) is 2.59. The third-order valence-electron chi connectivity index (χ3n) is 1.31. The molecular weight excluding hydrogens is 227 g/mol. The molecule has 0 aliphatic carbocycles. The molecule has 0 nitrogen and oxygen atoms in total. The predicted octanol–water partition coefficient (Wildman–Crippen LogP) is 2.66. The van der Waals surface area contributed by atoms with Gasteiger partial charge in [-0.3, -0.25) is 0 Å². The molecule has 0 aliphatic rings. The normalized spacial score (nSPS) is 10.4. The van der Waals surface area contributed by atoms with E-state index in [1.807, 2.05) is 10.3 Å². The van der Waals surface area contributed by atoms with Crippen molar-refractivity contribution in [3.8, 4) is 0 Å².